The van der Waals surface area contributed by atoms with Crippen molar-refractivity contribution in [3.63, 3.8) is 0 Å². The Labute approximate surface area is 93.2 Å². The van der Waals surface area contributed by atoms with Gasteiger partial charge in [-0.05, 0) is 43.5 Å². The van der Waals surface area contributed by atoms with Crippen LogP contribution in [0.5, 0.6) is 0 Å². The number of hydrogen-bond acceptors (Lipinski definition) is 3. The van der Waals surface area contributed by atoms with Crippen LogP contribution >= 0.6 is 31.9 Å². The maximum absolute atomic E-state index is 8.45. The van der Waals surface area contributed by atoms with E-state index in [-0.39, 0.29) is 6.04 Å². The summed E-state index contributed by atoms with van der Waals surface area (Å²) in [6.07, 6.45) is 1.96. The van der Waals surface area contributed by atoms with Crippen molar-refractivity contribution in [1.82, 2.24) is 4.98 Å². The molecule has 3 nitrogen and oxygen atoms in total. The van der Waals surface area contributed by atoms with E-state index in [0.717, 1.165) is 14.6 Å². The Bertz CT molecular complexity index is 346. The van der Waals surface area contributed by atoms with Crippen LogP contribution in [0.2, 0.25) is 0 Å². The summed E-state index contributed by atoms with van der Waals surface area (Å²) in [5.41, 5.74) is 6.58. The minimum atomic E-state index is -0.262. The molecule has 0 aliphatic carbocycles. The minimum Gasteiger partial charge on any atom is -0.323 e. The molecule has 13 heavy (non-hydrogen) atoms. The highest BCUT2D eigenvalue weighted by Gasteiger charge is 2.07. The van der Waals surface area contributed by atoms with Crippen molar-refractivity contribution in [3.8, 4) is 6.07 Å². The first-order valence-corrected chi connectivity index (χ1v) is 5.17. The molecule has 68 valence electrons. The Morgan fingerprint density at radius 3 is 2.85 bits per heavy atom. The fraction of sp³-hybridized carbons (Fsp3) is 0.250. The van der Waals surface area contributed by atoms with Crippen LogP contribution in [0, 0.1) is 11.3 Å². The van der Waals surface area contributed by atoms with Gasteiger partial charge < -0.3 is 5.73 Å². The molecule has 0 unspecified atom stereocenters. The third-order valence-electron chi connectivity index (χ3n) is 1.56. The van der Waals surface area contributed by atoms with Crippen molar-refractivity contribution in [2.24, 2.45) is 5.73 Å². The summed E-state index contributed by atoms with van der Waals surface area (Å²) in [6, 6.07) is 3.62. The average molecular weight is 305 g/mol. The van der Waals surface area contributed by atoms with Gasteiger partial charge in [-0.15, -0.1) is 0 Å². The lowest BCUT2D eigenvalue weighted by molar-refractivity contribution is 0.742. The zero-order chi connectivity index (χ0) is 9.84. The van der Waals surface area contributed by atoms with Crippen molar-refractivity contribution in [1.29, 1.82) is 5.26 Å². The van der Waals surface area contributed by atoms with Gasteiger partial charge in [-0.3, -0.25) is 0 Å². The van der Waals surface area contributed by atoms with Gasteiger partial charge >= 0.3 is 0 Å². The molecule has 0 saturated heterocycles. The predicted molar refractivity (Wildman–Crippen MR) is 56.8 cm³/mol. The van der Waals surface area contributed by atoms with Crippen LogP contribution in [0.4, 0.5) is 0 Å². The van der Waals surface area contributed by atoms with E-state index in [1.165, 1.54) is 0 Å². The van der Waals surface area contributed by atoms with Crippen LogP contribution in [-0.4, -0.2) is 4.98 Å². The van der Waals surface area contributed by atoms with Gasteiger partial charge in [-0.25, -0.2) is 4.98 Å². The van der Waals surface area contributed by atoms with Crippen molar-refractivity contribution in [3.05, 3.63) is 26.9 Å². The SMILES string of the molecule is N#CC[C@@H](N)c1cnc(Br)c(Br)c1. The van der Waals surface area contributed by atoms with Crippen LogP contribution in [-0.2, 0) is 0 Å². The lowest BCUT2D eigenvalue weighted by Gasteiger charge is -2.07. The summed E-state index contributed by atoms with van der Waals surface area (Å²) < 4.78 is 1.58. The molecule has 0 spiro atoms. The zero-order valence-electron chi connectivity index (χ0n) is 6.67. The maximum atomic E-state index is 8.45. The molecule has 0 fully saturated rings. The topological polar surface area (TPSA) is 62.7 Å². The molecule has 0 bridgehead atoms. The van der Waals surface area contributed by atoms with E-state index < -0.39 is 0 Å². The highest BCUT2D eigenvalue weighted by atomic mass is 79.9. The highest BCUT2D eigenvalue weighted by Crippen LogP contribution is 2.24. The first-order valence-electron chi connectivity index (χ1n) is 3.58. The number of aromatic nitrogens is 1. The molecule has 1 aromatic heterocycles. The second-order valence-corrected chi connectivity index (χ2v) is 4.12. The second-order valence-electron chi connectivity index (χ2n) is 2.51. The van der Waals surface area contributed by atoms with Crippen LogP contribution in [0.3, 0.4) is 0 Å². The third kappa shape index (κ3) is 2.76. The number of pyridine rings is 1. The number of nitriles is 1. The van der Waals surface area contributed by atoms with E-state index in [1.54, 1.807) is 6.20 Å². The molecule has 0 amide bonds. The van der Waals surface area contributed by atoms with Crippen LogP contribution in [0.25, 0.3) is 0 Å². The number of hydrogen-bond donors (Lipinski definition) is 1. The Morgan fingerprint density at radius 1 is 1.62 bits per heavy atom. The standard InChI is InChI=1S/C8H7Br2N3/c9-6-3-5(4-13-8(6)10)7(12)1-2-11/h3-4,7H,1,12H2/t7-/m1/s1. The number of halogens is 2. The smallest absolute Gasteiger partial charge is 0.120 e. The normalized spacial score (nSPS) is 12.2. The Kier molecular flexibility index (Phi) is 3.85. The molecule has 0 aromatic carbocycles. The van der Waals surface area contributed by atoms with Gasteiger partial charge in [0.05, 0.1) is 17.0 Å². The number of nitrogens with two attached hydrogens (primary N) is 1. The molecule has 1 heterocycles. The van der Waals surface area contributed by atoms with Gasteiger partial charge in [0.2, 0.25) is 0 Å². The Balaban J connectivity index is 2.91. The van der Waals surface area contributed by atoms with E-state index >= 15 is 0 Å². The summed E-state index contributed by atoms with van der Waals surface area (Å²) in [5.74, 6) is 0. The van der Waals surface area contributed by atoms with Crippen molar-refractivity contribution in [2.45, 2.75) is 12.5 Å². The van der Waals surface area contributed by atoms with Crippen LogP contribution < -0.4 is 5.73 Å². The summed E-state index contributed by atoms with van der Waals surface area (Å²) >= 11 is 6.57. The van der Waals surface area contributed by atoms with Gasteiger partial charge in [0, 0.05) is 12.2 Å². The van der Waals surface area contributed by atoms with Gasteiger partial charge in [0.15, 0.2) is 0 Å². The number of rotatable bonds is 2. The van der Waals surface area contributed by atoms with E-state index in [4.69, 9.17) is 11.0 Å². The number of nitrogens with zero attached hydrogens (tertiary/aromatic N) is 2. The van der Waals surface area contributed by atoms with Crippen LogP contribution in [0.1, 0.15) is 18.0 Å². The molecule has 0 radical (unpaired) electrons. The molecule has 5 heteroatoms. The highest BCUT2D eigenvalue weighted by molar-refractivity contribution is 9.13. The molecule has 0 aliphatic heterocycles. The molecular formula is C8H7Br2N3. The lowest BCUT2D eigenvalue weighted by Crippen LogP contribution is -2.09. The van der Waals surface area contributed by atoms with E-state index in [9.17, 15) is 0 Å². The largest absolute Gasteiger partial charge is 0.323 e. The second kappa shape index (κ2) is 4.70. The molecule has 1 atom stereocenters. The third-order valence-corrected chi connectivity index (χ3v) is 3.33. The van der Waals surface area contributed by atoms with Gasteiger partial charge in [-0.2, -0.15) is 5.26 Å². The molecule has 0 saturated carbocycles. The summed E-state index contributed by atoms with van der Waals surface area (Å²) in [6.45, 7) is 0. The van der Waals surface area contributed by atoms with Crippen LogP contribution in [0.15, 0.2) is 21.3 Å². The van der Waals surface area contributed by atoms with Crippen molar-refractivity contribution in [2.75, 3.05) is 0 Å². The van der Waals surface area contributed by atoms with E-state index in [1.807, 2.05) is 12.1 Å². The zero-order valence-corrected chi connectivity index (χ0v) is 9.84. The lowest BCUT2D eigenvalue weighted by atomic mass is 10.1. The Hall–Kier alpha value is -0.440. The molecule has 1 aromatic rings. The minimum absolute atomic E-state index is 0.262. The first-order chi connectivity index (χ1) is 6.15. The average Bonchev–Trinajstić information content (AvgIpc) is 2.10. The fourth-order valence-electron chi connectivity index (χ4n) is 0.855. The molecule has 2 N–H and O–H groups in total. The summed E-state index contributed by atoms with van der Waals surface area (Å²) in [5, 5.41) is 8.45. The summed E-state index contributed by atoms with van der Waals surface area (Å²) in [4.78, 5) is 4.06. The monoisotopic (exact) mass is 303 g/mol. The van der Waals surface area contributed by atoms with Gasteiger partial charge in [-0.1, -0.05) is 0 Å². The Morgan fingerprint density at radius 2 is 2.31 bits per heavy atom. The molecular weight excluding hydrogens is 298 g/mol. The molecule has 0 aliphatic rings. The van der Waals surface area contributed by atoms with Gasteiger partial charge in [0.1, 0.15) is 4.60 Å². The van der Waals surface area contributed by atoms with E-state index in [0.29, 0.717) is 6.42 Å². The van der Waals surface area contributed by atoms with Crippen molar-refractivity contribution < 1.29 is 0 Å². The first kappa shape index (κ1) is 10.6. The summed E-state index contributed by atoms with van der Waals surface area (Å²) in [7, 11) is 0. The predicted octanol–water partition coefficient (Wildman–Crippen LogP) is 2.52. The van der Waals surface area contributed by atoms with Crippen molar-refractivity contribution >= 4 is 31.9 Å². The fourth-order valence-corrected chi connectivity index (χ4v) is 1.44. The van der Waals surface area contributed by atoms with Gasteiger partial charge in [0.25, 0.3) is 0 Å². The van der Waals surface area contributed by atoms with E-state index in [2.05, 4.69) is 36.8 Å². The quantitative estimate of drug-likeness (QED) is 0.854. The molecule has 1 rings (SSSR count). The maximum Gasteiger partial charge on any atom is 0.120 e.